The number of methoxy groups -OCH3 is 1. The zero-order valence-electron chi connectivity index (χ0n) is 11.2. The van der Waals surface area contributed by atoms with E-state index in [1.807, 2.05) is 6.92 Å². The van der Waals surface area contributed by atoms with E-state index in [1.54, 1.807) is 6.07 Å². The highest BCUT2D eigenvalue weighted by Gasteiger charge is 2.27. The molecule has 0 spiro atoms. The van der Waals surface area contributed by atoms with Gasteiger partial charge in [0.25, 0.3) is 0 Å². The van der Waals surface area contributed by atoms with Gasteiger partial charge in [0, 0.05) is 17.8 Å². The first kappa shape index (κ1) is 13.8. The molecule has 0 saturated carbocycles. The van der Waals surface area contributed by atoms with Gasteiger partial charge < -0.3 is 15.4 Å². The summed E-state index contributed by atoms with van der Waals surface area (Å²) < 4.78 is 18.4. The standard InChI is InChI=1S/C14H19FN2O2/c1-9-11(4-3-7-16-9)14(18)17-10-5-6-13(19-2)12(15)8-10/h5-6,8-9,11,16H,3-4,7H2,1-2H3,(H,17,18). The second-order valence-electron chi connectivity index (χ2n) is 4.83. The summed E-state index contributed by atoms with van der Waals surface area (Å²) in [5.41, 5.74) is 0.459. The van der Waals surface area contributed by atoms with E-state index in [0.717, 1.165) is 19.4 Å². The predicted octanol–water partition coefficient (Wildman–Crippen LogP) is 2.16. The fraction of sp³-hybridized carbons (Fsp3) is 0.500. The first-order valence-electron chi connectivity index (χ1n) is 6.49. The summed E-state index contributed by atoms with van der Waals surface area (Å²) in [7, 11) is 1.41. The van der Waals surface area contributed by atoms with Crippen LogP contribution >= 0.6 is 0 Å². The lowest BCUT2D eigenvalue weighted by Crippen LogP contribution is -2.44. The maximum Gasteiger partial charge on any atom is 0.229 e. The Morgan fingerprint density at radius 2 is 2.32 bits per heavy atom. The van der Waals surface area contributed by atoms with Crippen LogP contribution in [0, 0.1) is 11.7 Å². The van der Waals surface area contributed by atoms with Crippen molar-refractivity contribution in [2.24, 2.45) is 5.92 Å². The lowest BCUT2D eigenvalue weighted by atomic mass is 9.91. The van der Waals surface area contributed by atoms with Gasteiger partial charge >= 0.3 is 0 Å². The molecule has 0 bridgehead atoms. The van der Waals surface area contributed by atoms with E-state index < -0.39 is 5.82 Å². The number of anilines is 1. The molecule has 19 heavy (non-hydrogen) atoms. The van der Waals surface area contributed by atoms with Gasteiger partial charge in [0.05, 0.1) is 13.0 Å². The van der Waals surface area contributed by atoms with E-state index in [9.17, 15) is 9.18 Å². The molecule has 0 aliphatic carbocycles. The van der Waals surface area contributed by atoms with Crippen molar-refractivity contribution in [1.82, 2.24) is 5.32 Å². The second-order valence-corrected chi connectivity index (χ2v) is 4.83. The van der Waals surface area contributed by atoms with Gasteiger partial charge in [-0.2, -0.15) is 0 Å². The molecule has 1 amide bonds. The van der Waals surface area contributed by atoms with Crippen LogP contribution in [-0.4, -0.2) is 25.6 Å². The monoisotopic (exact) mass is 266 g/mol. The van der Waals surface area contributed by atoms with E-state index in [1.165, 1.54) is 19.2 Å². The number of benzene rings is 1. The van der Waals surface area contributed by atoms with Gasteiger partial charge in [-0.1, -0.05) is 0 Å². The molecule has 2 unspecified atom stereocenters. The molecule has 1 saturated heterocycles. The molecule has 1 aliphatic rings. The highest BCUT2D eigenvalue weighted by Crippen LogP contribution is 2.23. The molecule has 1 aromatic rings. The molecule has 1 aliphatic heterocycles. The number of rotatable bonds is 3. The minimum atomic E-state index is -0.477. The van der Waals surface area contributed by atoms with Crippen molar-refractivity contribution in [3.05, 3.63) is 24.0 Å². The average molecular weight is 266 g/mol. The van der Waals surface area contributed by atoms with Gasteiger partial charge in [-0.05, 0) is 38.4 Å². The Kier molecular flexibility index (Phi) is 4.37. The average Bonchev–Trinajstić information content (AvgIpc) is 2.39. The summed E-state index contributed by atoms with van der Waals surface area (Å²) in [5.74, 6) is -0.441. The zero-order valence-corrected chi connectivity index (χ0v) is 11.2. The van der Waals surface area contributed by atoms with Gasteiger partial charge in [-0.25, -0.2) is 4.39 Å². The van der Waals surface area contributed by atoms with Crippen LogP contribution in [0.3, 0.4) is 0 Å². The van der Waals surface area contributed by atoms with Crippen LogP contribution in [-0.2, 0) is 4.79 Å². The van der Waals surface area contributed by atoms with Crippen LogP contribution in [0.25, 0.3) is 0 Å². The molecule has 4 nitrogen and oxygen atoms in total. The minimum absolute atomic E-state index is 0.0655. The van der Waals surface area contributed by atoms with Gasteiger partial charge in [-0.15, -0.1) is 0 Å². The molecule has 1 aromatic carbocycles. The molecule has 0 aromatic heterocycles. The quantitative estimate of drug-likeness (QED) is 0.881. The Labute approximate surface area is 112 Å². The normalized spacial score (nSPS) is 22.9. The van der Waals surface area contributed by atoms with Gasteiger partial charge in [0.1, 0.15) is 0 Å². The lowest BCUT2D eigenvalue weighted by Gasteiger charge is -2.28. The minimum Gasteiger partial charge on any atom is -0.494 e. The third kappa shape index (κ3) is 3.23. The largest absolute Gasteiger partial charge is 0.494 e. The van der Waals surface area contributed by atoms with Crippen molar-refractivity contribution in [3.8, 4) is 5.75 Å². The van der Waals surface area contributed by atoms with Gasteiger partial charge in [-0.3, -0.25) is 4.79 Å². The number of carbonyl (C=O) groups excluding carboxylic acids is 1. The molecular weight excluding hydrogens is 247 g/mol. The van der Waals surface area contributed by atoms with Crippen molar-refractivity contribution in [2.45, 2.75) is 25.8 Å². The molecule has 2 rings (SSSR count). The third-order valence-electron chi connectivity index (χ3n) is 3.52. The van der Waals surface area contributed by atoms with Gasteiger partial charge in [0.15, 0.2) is 11.6 Å². The Hall–Kier alpha value is -1.62. The number of piperidine rings is 1. The number of hydrogen-bond acceptors (Lipinski definition) is 3. The molecule has 1 heterocycles. The number of nitrogens with one attached hydrogen (secondary N) is 2. The summed E-state index contributed by atoms with van der Waals surface area (Å²) in [6.45, 7) is 2.94. The van der Waals surface area contributed by atoms with Crippen LogP contribution in [0.2, 0.25) is 0 Å². The fourth-order valence-corrected chi connectivity index (χ4v) is 2.38. The molecular formula is C14H19FN2O2. The van der Waals surface area contributed by atoms with Crippen molar-refractivity contribution in [3.63, 3.8) is 0 Å². The molecule has 1 fully saturated rings. The van der Waals surface area contributed by atoms with E-state index in [-0.39, 0.29) is 23.6 Å². The van der Waals surface area contributed by atoms with E-state index in [0.29, 0.717) is 5.69 Å². The predicted molar refractivity (Wildman–Crippen MR) is 71.8 cm³/mol. The first-order chi connectivity index (χ1) is 9.11. The van der Waals surface area contributed by atoms with Crippen molar-refractivity contribution in [1.29, 1.82) is 0 Å². The number of ether oxygens (including phenoxy) is 1. The Bertz CT molecular complexity index is 465. The Balaban J connectivity index is 2.04. The second kappa shape index (κ2) is 6.02. The van der Waals surface area contributed by atoms with E-state index in [2.05, 4.69) is 10.6 Å². The molecule has 104 valence electrons. The lowest BCUT2D eigenvalue weighted by molar-refractivity contribution is -0.121. The topological polar surface area (TPSA) is 50.4 Å². The van der Waals surface area contributed by atoms with Crippen LogP contribution in [0.5, 0.6) is 5.75 Å². The number of carbonyl (C=O) groups is 1. The fourth-order valence-electron chi connectivity index (χ4n) is 2.38. The Morgan fingerprint density at radius 3 is 2.95 bits per heavy atom. The molecule has 2 N–H and O–H groups in total. The number of halogens is 1. The molecule has 2 atom stereocenters. The maximum absolute atomic E-state index is 13.5. The number of hydrogen-bond donors (Lipinski definition) is 2. The highest BCUT2D eigenvalue weighted by atomic mass is 19.1. The molecule has 5 heteroatoms. The highest BCUT2D eigenvalue weighted by molar-refractivity contribution is 5.93. The van der Waals surface area contributed by atoms with Crippen LogP contribution in [0.4, 0.5) is 10.1 Å². The summed E-state index contributed by atoms with van der Waals surface area (Å²) in [5, 5.41) is 6.03. The molecule has 0 radical (unpaired) electrons. The summed E-state index contributed by atoms with van der Waals surface area (Å²) in [4.78, 5) is 12.1. The van der Waals surface area contributed by atoms with Crippen LogP contribution < -0.4 is 15.4 Å². The first-order valence-corrected chi connectivity index (χ1v) is 6.49. The van der Waals surface area contributed by atoms with Crippen LogP contribution in [0.1, 0.15) is 19.8 Å². The summed E-state index contributed by atoms with van der Waals surface area (Å²) >= 11 is 0. The summed E-state index contributed by atoms with van der Waals surface area (Å²) in [6, 6.07) is 4.57. The zero-order chi connectivity index (χ0) is 13.8. The SMILES string of the molecule is COc1ccc(NC(=O)C2CCCNC2C)cc1F. The number of amides is 1. The third-order valence-corrected chi connectivity index (χ3v) is 3.52. The van der Waals surface area contributed by atoms with Crippen molar-refractivity contribution >= 4 is 11.6 Å². The van der Waals surface area contributed by atoms with Gasteiger partial charge in [0.2, 0.25) is 5.91 Å². The van der Waals surface area contributed by atoms with Crippen molar-refractivity contribution in [2.75, 3.05) is 19.0 Å². The van der Waals surface area contributed by atoms with Crippen LogP contribution in [0.15, 0.2) is 18.2 Å². The van der Waals surface area contributed by atoms with Crippen molar-refractivity contribution < 1.29 is 13.9 Å². The smallest absolute Gasteiger partial charge is 0.229 e. The maximum atomic E-state index is 13.5. The van der Waals surface area contributed by atoms with E-state index in [4.69, 9.17) is 4.74 Å². The summed E-state index contributed by atoms with van der Waals surface area (Å²) in [6.07, 6.45) is 1.85. The Morgan fingerprint density at radius 1 is 1.53 bits per heavy atom. The van der Waals surface area contributed by atoms with E-state index >= 15 is 0 Å².